The number of rotatable bonds is 8. The second kappa shape index (κ2) is 11.0. The molecule has 2 aliphatic rings. The van der Waals surface area contributed by atoms with Gasteiger partial charge in [-0.15, -0.1) is 0 Å². The summed E-state index contributed by atoms with van der Waals surface area (Å²) >= 11 is 0. The van der Waals surface area contributed by atoms with E-state index in [1.165, 1.54) is 63.4 Å². The van der Waals surface area contributed by atoms with Gasteiger partial charge in [-0.05, 0) is 112 Å². The summed E-state index contributed by atoms with van der Waals surface area (Å²) in [5.41, 5.74) is 3.04. The summed E-state index contributed by atoms with van der Waals surface area (Å²) in [5, 5.41) is 0. The van der Waals surface area contributed by atoms with Crippen LogP contribution in [0, 0.1) is 17.8 Å². The van der Waals surface area contributed by atoms with E-state index in [4.69, 9.17) is 0 Å². The van der Waals surface area contributed by atoms with Gasteiger partial charge in [-0.1, -0.05) is 43.3 Å². The monoisotopic (exact) mass is 370 g/mol. The van der Waals surface area contributed by atoms with Gasteiger partial charge >= 0.3 is 0 Å². The smallest absolute Gasteiger partial charge is 0.0897 e. The SMILES string of the molecule is CCc1ccc(C2CCC(C3CCC(C/C=C/CCCF)CC3)CC2)cc1. The van der Waals surface area contributed by atoms with Gasteiger partial charge in [-0.3, -0.25) is 4.39 Å². The van der Waals surface area contributed by atoms with E-state index in [2.05, 4.69) is 43.3 Å². The third-order valence-electron chi connectivity index (χ3n) is 7.33. The van der Waals surface area contributed by atoms with Crippen LogP contribution in [-0.4, -0.2) is 6.67 Å². The lowest BCUT2D eigenvalue weighted by Crippen LogP contribution is -2.25. The van der Waals surface area contributed by atoms with Crippen molar-refractivity contribution < 1.29 is 4.39 Å². The van der Waals surface area contributed by atoms with Gasteiger partial charge in [0.25, 0.3) is 0 Å². The van der Waals surface area contributed by atoms with Gasteiger partial charge in [-0.2, -0.15) is 0 Å². The number of alkyl halides is 1. The average Bonchev–Trinajstić information content (AvgIpc) is 2.74. The molecule has 2 aliphatic carbocycles. The van der Waals surface area contributed by atoms with E-state index in [1.807, 2.05) is 0 Å². The summed E-state index contributed by atoms with van der Waals surface area (Å²) in [4.78, 5) is 0. The van der Waals surface area contributed by atoms with Gasteiger partial charge in [0.1, 0.15) is 0 Å². The number of unbranched alkanes of at least 4 members (excludes halogenated alkanes) is 1. The van der Waals surface area contributed by atoms with Crippen LogP contribution in [0.2, 0.25) is 0 Å². The minimum atomic E-state index is -0.179. The molecule has 3 rings (SSSR count). The molecule has 0 bridgehead atoms. The molecule has 0 unspecified atom stereocenters. The fourth-order valence-electron chi connectivity index (χ4n) is 5.45. The van der Waals surface area contributed by atoms with Crippen LogP contribution in [0.1, 0.15) is 94.6 Å². The van der Waals surface area contributed by atoms with Crippen molar-refractivity contribution in [2.75, 3.05) is 6.67 Å². The molecule has 27 heavy (non-hydrogen) atoms. The van der Waals surface area contributed by atoms with Crippen LogP contribution in [0.25, 0.3) is 0 Å². The third kappa shape index (κ3) is 6.19. The molecule has 0 aliphatic heterocycles. The summed E-state index contributed by atoms with van der Waals surface area (Å²) in [7, 11) is 0. The van der Waals surface area contributed by atoms with Crippen molar-refractivity contribution >= 4 is 0 Å². The Morgan fingerprint density at radius 2 is 1.48 bits per heavy atom. The van der Waals surface area contributed by atoms with E-state index in [0.29, 0.717) is 6.42 Å². The quantitative estimate of drug-likeness (QED) is 0.321. The topological polar surface area (TPSA) is 0 Å². The first kappa shape index (κ1) is 20.6. The zero-order chi connectivity index (χ0) is 18.9. The Hall–Kier alpha value is -1.11. The van der Waals surface area contributed by atoms with Crippen molar-refractivity contribution in [3.63, 3.8) is 0 Å². The van der Waals surface area contributed by atoms with Crippen LogP contribution in [0.5, 0.6) is 0 Å². The minimum Gasteiger partial charge on any atom is -0.251 e. The second-order valence-electron chi connectivity index (χ2n) is 9.03. The maximum absolute atomic E-state index is 12.1. The second-order valence-corrected chi connectivity index (χ2v) is 9.03. The molecule has 0 radical (unpaired) electrons. The van der Waals surface area contributed by atoms with E-state index in [9.17, 15) is 4.39 Å². The average molecular weight is 371 g/mol. The highest BCUT2D eigenvalue weighted by molar-refractivity contribution is 5.25. The Labute approximate surface area is 166 Å². The molecular weight excluding hydrogens is 331 g/mol. The molecule has 2 saturated carbocycles. The fraction of sp³-hybridized carbons (Fsp3) is 0.692. The number of aryl methyl sites for hydroxylation is 1. The molecule has 1 aromatic rings. The van der Waals surface area contributed by atoms with Crippen LogP contribution in [-0.2, 0) is 6.42 Å². The number of halogens is 1. The number of benzene rings is 1. The van der Waals surface area contributed by atoms with E-state index in [-0.39, 0.29) is 6.67 Å². The third-order valence-corrected chi connectivity index (χ3v) is 7.33. The maximum Gasteiger partial charge on any atom is 0.0897 e. The summed E-state index contributed by atoms with van der Waals surface area (Å²) in [5.74, 6) is 3.66. The van der Waals surface area contributed by atoms with Gasteiger partial charge in [0.2, 0.25) is 0 Å². The van der Waals surface area contributed by atoms with Crippen molar-refractivity contribution in [3.05, 3.63) is 47.5 Å². The first-order valence-corrected chi connectivity index (χ1v) is 11.6. The molecule has 0 amide bonds. The lowest BCUT2D eigenvalue weighted by atomic mass is 9.68. The van der Waals surface area contributed by atoms with Gasteiger partial charge in [0, 0.05) is 0 Å². The first-order chi connectivity index (χ1) is 13.3. The van der Waals surface area contributed by atoms with Crippen molar-refractivity contribution in [3.8, 4) is 0 Å². The molecule has 0 saturated heterocycles. The molecule has 0 atom stereocenters. The van der Waals surface area contributed by atoms with Gasteiger partial charge < -0.3 is 0 Å². The molecule has 1 aromatic carbocycles. The molecule has 0 aromatic heterocycles. The van der Waals surface area contributed by atoms with Crippen LogP contribution < -0.4 is 0 Å². The standard InChI is InChI=1S/C26H39F/c1-2-21-8-12-23(13-9-21)25-16-18-26(19-17-25)24-14-10-22(11-15-24)7-5-3-4-6-20-27/h3,5,8-9,12-13,22,24-26H,2,4,6-7,10-11,14-20H2,1H3/b5-3+. The summed E-state index contributed by atoms with van der Waals surface area (Å²) in [6.07, 6.45) is 19.9. The molecule has 0 N–H and O–H groups in total. The highest BCUT2D eigenvalue weighted by Crippen LogP contribution is 2.44. The highest BCUT2D eigenvalue weighted by atomic mass is 19.1. The number of hydrogen-bond acceptors (Lipinski definition) is 0. The van der Waals surface area contributed by atoms with Crippen molar-refractivity contribution in [2.45, 2.75) is 89.9 Å². The lowest BCUT2D eigenvalue weighted by Gasteiger charge is -2.38. The molecule has 0 spiro atoms. The molecule has 1 heteroatoms. The normalized spacial score (nSPS) is 29.3. The highest BCUT2D eigenvalue weighted by Gasteiger charge is 2.30. The Morgan fingerprint density at radius 3 is 2.07 bits per heavy atom. The van der Waals surface area contributed by atoms with Crippen LogP contribution in [0.15, 0.2) is 36.4 Å². The molecule has 0 heterocycles. The van der Waals surface area contributed by atoms with Crippen LogP contribution in [0.3, 0.4) is 0 Å². The van der Waals surface area contributed by atoms with Crippen molar-refractivity contribution in [1.29, 1.82) is 0 Å². The van der Waals surface area contributed by atoms with E-state index < -0.39 is 0 Å². The van der Waals surface area contributed by atoms with Gasteiger partial charge in [0.05, 0.1) is 6.67 Å². The zero-order valence-electron chi connectivity index (χ0n) is 17.3. The number of hydrogen-bond donors (Lipinski definition) is 0. The van der Waals surface area contributed by atoms with E-state index >= 15 is 0 Å². The van der Waals surface area contributed by atoms with Crippen LogP contribution >= 0.6 is 0 Å². The van der Waals surface area contributed by atoms with Crippen molar-refractivity contribution in [1.82, 2.24) is 0 Å². The van der Waals surface area contributed by atoms with Gasteiger partial charge in [-0.25, -0.2) is 0 Å². The van der Waals surface area contributed by atoms with E-state index in [0.717, 1.165) is 36.5 Å². The lowest BCUT2D eigenvalue weighted by molar-refractivity contribution is 0.160. The fourth-order valence-corrected chi connectivity index (χ4v) is 5.45. The first-order valence-electron chi connectivity index (χ1n) is 11.6. The van der Waals surface area contributed by atoms with Gasteiger partial charge in [0.15, 0.2) is 0 Å². The molecule has 2 fully saturated rings. The Bertz CT molecular complexity index is 542. The van der Waals surface area contributed by atoms with Crippen LogP contribution in [0.4, 0.5) is 4.39 Å². The molecule has 0 nitrogen and oxygen atoms in total. The number of allylic oxidation sites excluding steroid dienone is 2. The Kier molecular flexibility index (Phi) is 8.42. The maximum atomic E-state index is 12.1. The predicted molar refractivity (Wildman–Crippen MR) is 115 cm³/mol. The minimum absolute atomic E-state index is 0.179. The van der Waals surface area contributed by atoms with E-state index in [1.54, 1.807) is 5.56 Å². The predicted octanol–water partition coefficient (Wildman–Crippen LogP) is 8.03. The largest absolute Gasteiger partial charge is 0.251 e. The Balaban J connectivity index is 1.37. The summed E-state index contributed by atoms with van der Waals surface area (Å²) in [6, 6.07) is 9.43. The molecular formula is C26H39F. The summed E-state index contributed by atoms with van der Waals surface area (Å²) < 4.78 is 12.1. The summed E-state index contributed by atoms with van der Waals surface area (Å²) in [6.45, 7) is 2.06. The Morgan fingerprint density at radius 1 is 0.852 bits per heavy atom. The molecule has 150 valence electrons. The van der Waals surface area contributed by atoms with Crippen molar-refractivity contribution in [2.24, 2.45) is 17.8 Å². The zero-order valence-corrected chi connectivity index (χ0v) is 17.3.